The second-order valence-electron chi connectivity index (χ2n) is 7.60. The Hall–Kier alpha value is -3.88. The Labute approximate surface area is 203 Å². The molecule has 1 aromatic heterocycles. The van der Waals surface area contributed by atoms with Gasteiger partial charge in [-0.25, -0.2) is 4.98 Å². The Morgan fingerprint density at radius 1 is 1.09 bits per heavy atom. The van der Waals surface area contributed by atoms with Crippen LogP contribution in [0.4, 0.5) is 5.13 Å². The molecular weight excluding hydrogens is 476 g/mol. The van der Waals surface area contributed by atoms with E-state index in [0.29, 0.717) is 32.5 Å². The van der Waals surface area contributed by atoms with Crippen molar-refractivity contribution in [2.45, 2.75) is 6.04 Å². The van der Waals surface area contributed by atoms with Crippen molar-refractivity contribution in [3.8, 4) is 11.5 Å². The Kier molecular flexibility index (Phi) is 5.47. The molecule has 4 aromatic rings. The van der Waals surface area contributed by atoms with E-state index in [1.54, 1.807) is 54.6 Å². The maximum atomic E-state index is 13.3. The van der Waals surface area contributed by atoms with Crippen LogP contribution in [-0.2, 0) is 9.59 Å². The van der Waals surface area contributed by atoms with E-state index in [4.69, 9.17) is 16.3 Å². The number of thiazole rings is 1. The number of carbonyl (C=O) groups is 2. The van der Waals surface area contributed by atoms with Crippen LogP contribution in [0, 0.1) is 0 Å². The summed E-state index contributed by atoms with van der Waals surface area (Å²) < 4.78 is 5.98. The second kappa shape index (κ2) is 8.48. The molecular formula is C25H17ClN2O5S. The van der Waals surface area contributed by atoms with Crippen molar-refractivity contribution >= 4 is 55.7 Å². The predicted molar refractivity (Wildman–Crippen MR) is 131 cm³/mol. The first-order valence-corrected chi connectivity index (χ1v) is 11.4. The first kappa shape index (κ1) is 21.9. The van der Waals surface area contributed by atoms with Crippen LogP contribution < -0.4 is 9.64 Å². The van der Waals surface area contributed by atoms with Crippen molar-refractivity contribution in [1.82, 2.24) is 4.98 Å². The Morgan fingerprint density at radius 2 is 1.85 bits per heavy atom. The van der Waals surface area contributed by atoms with Gasteiger partial charge in [0.1, 0.15) is 17.3 Å². The topological polar surface area (TPSA) is 100.0 Å². The largest absolute Gasteiger partial charge is 0.508 e. The smallest absolute Gasteiger partial charge is 0.301 e. The third-order valence-corrected chi connectivity index (χ3v) is 6.79. The van der Waals surface area contributed by atoms with Gasteiger partial charge in [-0.05, 0) is 48.0 Å². The lowest BCUT2D eigenvalue weighted by Crippen LogP contribution is -2.29. The van der Waals surface area contributed by atoms with Crippen LogP contribution >= 0.6 is 22.9 Å². The zero-order valence-corrected chi connectivity index (χ0v) is 19.3. The summed E-state index contributed by atoms with van der Waals surface area (Å²) in [7, 11) is 1.49. The average Bonchev–Trinajstić information content (AvgIpc) is 3.37. The van der Waals surface area contributed by atoms with Crippen molar-refractivity contribution in [3.63, 3.8) is 0 Å². The minimum absolute atomic E-state index is 0.0307. The van der Waals surface area contributed by atoms with Crippen LogP contribution in [-0.4, -0.2) is 34.0 Å². The van der Waals surface area contributed by atoms with Crippen molar-refractivity contribution in [2.24, 2.45) is 0 Å². The van der Waals surface area contributed by atoms with E-state index in [2.05, 4.69) is 4.98 Å². The Morgan fingerprint density at radius 3 is 2.59 bits per heavy atom. The van der Waals surface area contributed by atoms with Crippen molar-refractivity contribution in [1.29, 1.82) is 0 Å². The number of phenols is 1. The Bertz CT molecular complexity index is 1480. The van der Waals surface area contributed by atoms with Crippen molar-refractivity contribution in [3.05, 3.63) is 88.5 Å². The minimum atomic E-state index is -0.956. The first-order chi connectivity index (χ1) is 16.4. The molecule has 34 heavy (non-hydrogen) atoms. The minimum Gasteiger partial charge on any atom is -0.508 e. The number of fused-ring (bicyclic) bond motifs is 1. The van der Waals surface area contributed by atoms with Crippen LogP contribution in [0.1, 0.15) is 17.2 Å². The molecule has 0 aliphatic carbocycles. The highest BCUT2D eigenvalue weighted by Gasteiger charge is 2.48. The van der Waals surface area contributed by atoms with Gasteiger partial charge in [0.25, 0.3) is 5.78 Å². The van der Waals surface area contributed by atoms with Crippen molar-refractivity contribution < 1.29 is 24.5 Å². The van der Waals surface area contributed by atoms with Crippen LogP contribution in [0.15, 0.2) is 72.3 Å². The summed E-state index contributed by atoms with van der Waals surface area (Å²) in [5, 5.41) is 21.8. The monoisotopic (exact) mass is 492 g/mol. The quantitative estimate of drug-likeness (QED) is 0.228. The molecule has 0 bridgehead atoms. The fourth-order valence-electron chi connectivity index (χ4n) is 3.92. The summed E-state index contributed by atoms with van der Waals surface area (Å²) in [5.41, 5.74) is 1.40. The zero-order chi connectivity index (χ0) is 24.0. The number of hydrogen-bond donors (Lipinski definition) is 2. The van der Waals surface area contributed by atoms with E-state index >= 15 is 0 Å². The van der Waals surface area contributed by atoms with Gasteiger partial charge in [0.05, 0.1) is 28.9 Å². The van der Waals surface area contributed by atoms with Gasteiger partial charge in [-0.15, -0.1) is 0 Å². The van der Waals surface area contributed by atoms with E-state index in [1.807, 2.05) is 0 Å². The van der Waals surface area contributed by atoms with Gasteiger partial charge >= 0.3 is 5.91 Å². The maximum Gasteiger partial charge on any atom is 0.301 e. The number of aliphatic hydroxyl groups excluding tert-OH is 1. The number of methoxy groups -OCH3 is 1. The molecule has 0 saturated carbocycles. The number of aromatic nitrogens is 1. The molecule has 1 aliphatic heterocycles. The van der Waals surface area contributed by atoms with Crippen LogP contribution in [0.2, 0.25) is 5.02 Å². The summed E-state index contributed by atoms with van der Waals surface area (Å²) >= 11 is 7.32. The number of rotatable bonds is 4. The zero-order valence-electron chi connectivity index (χ0n) is 17.7. The molecule has 1 amide bonds. The van der Waals surface area contributed by atoms with Gasteiger partial charge < -0.3 is 14.9 Å². The number of halogens is 1. The molecule has 9 heteroatoms. The van der Waals surface area contributed by atoms with Crippen LogP contribution in [0.3, 0.4) is 0 Å². The summed E-state index contributed by atoms with van der Waals surface area (Å²) in [6, 6.07) is 16.9. The second-order valence-corrected chi connectivity index (χ2v) is 9.05. The molecule has 2 heterocycles. The lowest BCUT2D eigenvalue weighted by atomic mass is 9.95. The fourth-order valence-corrected chi connectivity index (χ4v) is 5.19. The number of ketones is 1. The normalized spacial score (nSPS) is 17.5. The predicted octanol–water partition coefficient (Wildman–Crippen LogP) is 5.29. The molecule has 3 aromatic carbocycles. The third kappa shape index (κ3) is 3.67. The van der Waals surface area contributed by atoms with E-state index in [9.17, 15) is 19.8 Å². The highest BCUT2D eigenvalue weighted by molar-refractivity contribution is 7.22. The van der Waals surface area contributed by atoms with Gasteiger partial charge in [0.15, 0.2) is 5.13 Å². The lowest BCUT2D eigenvalue weighted by Gasteiger charge is -2.23. The Balaban J connectivity index is 1.73. The third-order valence-electron chi connectivity index (χ3n) is 5.54. The fraction of sp³-hybridized carbons (Fsp3) is 0.0800. The number of hydrogen-bond acceptors (Lipinski definition) is 7. The maximum absolute atomic E-state index is 13.3. The average molecular weight is 493 g/mol. The van der Waals surface area contributed by atoms with Gasteiger partial charge in [0.2, 0.25) is 0 Å². The number of aromatic hydroxyl groups is 1. The van der Waals surface area contributed by atoms with E-state index in [0.717, 1.165) is 4.70 Å². The molecule has 0 radical (unpaired) electrons. The van der Waals surface area contributed by atoms with Gasteiger partial charge in [0, 0.05) is 10.6 Å². The molecule has 7 nitrogen and oxygen atoms in total. The number of amides is 1. The lowest BCUT2D eigenvalue weighted by molar-refractivity contribution is -0.132. The van der Waals surface area contributed by atoms with Crippen LogP contribution in [0.25, 0.3) is 16.0 Å². The molecule has 1 fully saturated rings. The molecule has 1 atom stereocenters. The first-order valence-electron chi connectivity index (χ1n) is 10.2. The van der Waals surface area contributed by atoms with Crippen LogP contribution in [0.5, 0.6) is 11.5 Å². The number of nitrogens with zero attached hydrogens (tertiary/aromatic N) is 2. The highest BCUT2D eigenvalue weighted by atomic mass is 35.5. The van der Waals surface area contributed by atoms with E-state index in [-0.39, 0.29) is 17.1 Å². The number of anilines is 1. The van der Waals surface area contributed by atoms with E-state index in [1.165, 1.54) is 35.5 Å². The van der Waals surface area contributed by atoms with Crippen molar-refractivity contribution in [2.75, 3.05) is 12.0 Å². The van der Waals surface area contributed by atoms with E-state index < -0.39 is 17.7 Å². The number of aliphatic hydroxyl groups is 1. The summed E-state index contributed by atoms with van der Waals surface area (Å²) in [6.45, 7) is 0. The number of carbonyl (C=O) groups excluding carboxylic acids is 2. The molecule has 0 spiro atoms. The van der Waals surface area contributed by atoms with Gasteiger partial charge in [-0.3, -0.25) is 14.5 Å². The van der Waals surface area contributed by atoms with Gasteiger partial charge in [-0.2, -0.15) is 0 Å². The summed E-state index contributed by atoms with van der Waals surface area (Å²) in [6.07, 6.45) is 0. The number of Topliss-reactive ketones (excluding diaryl/α,β-unsaturated/α-hetero) is 1. The standard InChI is InChI=1S/C25H17ClN2O5S/c1-33-17-4-2-3-14(11-17)22(30)20-21(13-5-8-16(29)9-6-13)28(24(32)23(20)31)25-27-18-10-7-15(26)12-19(18)34-25/h2-12,21,29-30H,1H3. The molecule has 1 saturated heterocycles. The molecule has 170 valence electrons. The molecule has 1 aliphatic rings. The molecule has 5 rings (SSSR count). The SMILES string of the molecule is COc1cccc(C(O)=C2C(=O)C(=O)N(c3nc4ccc(Cl)cc4s3)C2c2ccc(O)cc2)c1. The van der Waals surface area contributed by atoms with Gasteiger partial charge in [-0.1, -0.05) is 47.2 Å². The highest BCUT2D eigenvalue weighted by Crippen LogP contribution is 2.44. The molecule has 2 N–H and O–H groups in total. The molecule has 1 unspecified atom stereocenters. The number of phenolic OH excluding ortho intramolecular Hbond substituents is 1. The number of benzene rings is 3. The summed E-state index contributed by atoms with van der Waals surface area (Å²) in [5.74, 6) is -1.46. The number of ether oxygens (including phenoxy) is 1. The summed E-state index contributed by atoms with van der Waals surface area (Å²) in [4.78, 5) is 32.3.